The maximum atomic E-state index is 12.6. The standard InChI is InChI=1S/C20H21N3O4/c1-3-26-19(24)22-17-10-7-11-18(12-17)27-20(25)23(15(2)13-21)14-16-8-5-4-6-9-16/h4-12,15H,3,14H2,1-2H3,(H,22,24). The number of amides is 2. The number of nitrogens with one attached hydrogen (secondary N) is 1. The van der Waals surface area contributed by atoms with Gasteiger partial charge in [-0.15, -0.1) is 0 Å². The predicted molar refractivity (Wildman–Crippen MR) is 100 cm³/mol. The highest BCUT2D eigenvalue weighted by Gasteiger charge is 2.22. The molecule has 0 radical (unpaired) electrons. The van der Waals surface area contributed by atoms with Gasteiger partial charge in [0.05, 0.1) is 19.2 Å². The lowest BCUT2D eigenvalue weighted by atomic mass is 10.2. The maximum absolute atomic E-state index is 12.6. The molecule has 140 valence electrons. The third-order valence-corrected chi connectivity index (χ3v) is 3.65. The minimum absolute atomic E-state index is 0.245. The van der Waals surface area contributed by atoms with Crippen LogP contribution in [-0.4, -0.2) is 29.7 Å². The Kier molecular flexibility index (Phi) is 7.20. The smallest absolute Gasteiger partial charge is 0.416 e. The number of benzene rings is 2. The van der Waals surface area contributed by atoms with Crippen LogP contribution in [0.3, 0.4) is 0 Å². The van der Waals surface area contributed by atoms with Gasteiger partial charge >= 0.3 is 12.2 Å². The van der Waals surface area contributed by atoms with E-state index in [-0.39, 0.29) is 18.9 Å². The zero-order valence-corrected chi connectivity index (χ0v) is 15.2. The Morgan fingerprint density at radius 3 is 2.59 bits per heavy atom. The van der Waals surface area contributed by atoms with E-state index in [4.69, 9.17) is 9.47 Å². The predicted octanol–water partition coefficient (Wildman–Crippen LogP) is 4.17. The number of rotatable bonds is 6. The van der Waals surface area contributed by atoms with Crippen LogP contribution in [0.1, 0.15) is 19.4 Å². The molecule has 2 aromatic rings. The molecule has 0 aliphatic rings. The van der Waals surface area contributed by atoms with Gasteiger partial charge in [-0.1, -0.05) is 36.4 Å². The Bertz CT molecular complexity index is 817. The molecule has 27 heavy (non-hydrogen) atoms. The monoisotopic (exact) mass is 367 g/mol. The number of nitrogens with zero attached hydrogens (tertiary/aromatic N) is 2. The van der Waals surface area contributed by atoms with Crippen LogP contribution in [0.2, 0.25) is 0 Å². The minimum Gasteiger partial charge on any atom is -0.450 e. The highest BCUT2D eigenvalue weighted by molar-refractivity contribution is 5.85. The first-order valence-electron chi connectivity index (χ1n) is 8.49. The van der Waals surface area contributed by atoms with Gasteiger partial charge in [0.1, 0.15) is 11.8 Å². The van der Waals surface area contributed by atoms with E-state index in [1.54, 1.807) is 32.0 Å². The van der Waals surface area contributed by atoms with E-state index >= 15 is 0 Å². The van der Waals surface area contributed by atoms with Crippen molar-refractivity contribution in [2.45, 2.75) is 26.4 Å². The van der Waals surface area contributed by atoms with Crippen molar-refractivity contribution in [3.8, 4) is 11.8 Å². The third-order valence-electron chi connectivity index (χ3n) is 3.65. The normalized spacial score (nSPS) is 11.0. The molecule has 0 heterocycles. The van der Waals surface area contributed by atoms with Crippen molar-refractivity contribution in [1.82, 2.24) is 4.90 Å². The molecule has 2 amide bonds. The first-order chi connectivity index (χ1) is 13.0. The van der Waals surface area contributed by atoms with E-state index in [0.717, 1.165) is 5.56 Å². The van der Waals surface area contributed by atoms with Gasteiger partial charge in [0.15, 0.2) is 0 Å². The second kappa shape index (κ2) is 9.82. The summed E-state index contributed by atoms with van der Waals surface area (Å²) in [6.07, 6.45) is -1.24. The second-order valence-electron chi connectivity index (χ2n) is 5.66. The van der Waals surface area contributed by atoms with Gasteiger partial charge < -0.3 is 9.47 Å². The SMILES string of the molecule is CCOC(=O)Nc1cccc(OC(=O)N(Cc2ccccc2)C(C)C#N)c1. The van der Waals surface area contributed by atoms with Crippen LogP contribution >= 0.6 is 0 Å². The summed E-state index contributed by atoms with van der Waals surface area (Å²) in [5.74, 6) is 0.248. The number of hydrogen-bond acceptors (Lipinski definition) is 5. The number of ether oxygens (including phenoxy) is 2. The molecular weight excluding hydrogens is 346 g/mol. The van der Waals surface area contributed by atoms with Crippen LogP contribution in [0.25, 0.3) is 0 Å². The fourth-order valence-corrected chi connectivity index (χ4v) is 2.29. The average molecular weight is 367 g/mol. The molecule has 0 spiro atoms. The van der Waals surface area contributed by atoms with Crippen LogP contribution in [0.5, 0.6) is 5.75 Å². The number of carbonyl (C=O) groups excluding carboxylic acids is 2. The van der Waals surface area contributed by atoms with Gasteiger partial charge in [-0.3, -0.25) is 10.2 Å². The van der Waals surface area contributed by atoms with Gasteiger partial charge in [0.25, 0.3) is 0 Å². The van der Waals surface area contributed by atoms with Crippen molar-refractivity contribution in [1.29, 1.82) is 5.26 Å². The number of anilines is 1. The molecule has 1 N–H and O–H groups in total. The quantitative estimate of drug-likeness (QED) is 0.827. The Balaban J connectivity index is 2.10. The molecule has 0 fully saturated rings. The summed E-state index contributed by atoms with van der Waals surface area (Å²) in [6.45, 7) is 3.83. The topological polar surface area (TPSA) is 91.7 Å². The summed E-state index contributed by atoms with van der Waals surface area (Å²) in [4.78, 5) is 25.4. The van der Waals surface area contributed by atoms with Crippen LogP contribution < -0.4 is 10.1 Å². The fraction of sp³-hybridized carbons (Fsp3) is 0.250. The van der Waals surface area contributed by atoms with E-state index in [1.165, 1.54) is 11.0 Å². The summed E-state index contributed by atoms with van der Waals surface area (Å²) in [5.41, 5.74) is 1.32. The summed E-state index contributed by atoms with van der Waals surface area (Å²) < 4.78 is 10.2. The Labute approximate surface area is 158 Å². The minimum atomic E-state index is -0.668. The van der Waals surface area contributed by atoms with Crippen molar-refractivity contribution in [3.63, 3.8) is 0 Å². The van der Waals surface area contributed by atoms with E-state index in [2.05, 4.69) is 11.4 Å². The second-order valence-corrected chi connectivity index (χ2v) is 5.66. The molecule has 1 unspecified atom stereocenters. The molecule has 0 bridgehead atoms. The van der Waals surface area contributed by atoms with Crippen LogP contribution in [0.15, 0.2) is 54.6 Å². The summed E-state index contributed by atoms with van der Waals surface area (Å²) >= 11 is 0. The fourth-order valence-electron chi connectivity index (χ4n) is 2.29. The largest absolute Gasteiger partial charge is 0.450 e. The molecular formula is C20H21N3O4. The Morgan fingerprint density at radius 2 is 1.93 bits per heavy atom. The Morgan fingerprint density at radius 1 is 1.19 bits per heavy atom. The van der Waals surface area contributed by atoms with Gasteiger partial charge in [0, 0.05) is 11.8 Å². The summed E-state index contributed by atoms with van der Waals surface area (Å²) in [6, 6.07) is 17.1. The first-order valence-corrected chi connectivity index (χ1v) is 8.49. The molecule has 0 saturated carbocycles. The molecule has 7 heteroatoms. The Hall–Kier alpha value is -3.53. The molecule has 0 saturated heterocycles. The van der Waals surface area contributed by atoms with Gasteiger partial charge in [0.2, 0.25) is 0 Å². The van der Waals surface area contributed by atoms with Gasteiger partial charge in [-0.25, -0.2) is 9.59 Å². The summed E-state index contributed by atoms with van der Waals surface area (Å²) in [5, 5.41) is 11.8. The molecule has 7 nitrogen and oxygen atoms in total. The lowest BCUT2D eigenvalue weighted by Crippen LogP contribution is -2.39. The summed E-state index contributed by atoms with van der Waals surface area (Å²) in [7, 11) is 0. The van der Waals surface area contributed by atoms with Crippen molar-refractivity contribution in [3.05, 3.63) is 60.2 Å². The van der Waals surface area contributed by atoms with Crippen molar-refractivity contribution >= 4 is 17.9 Å². The van der Waals surface area contributed by atoms with E-state index in [1.807, 2.05) is 30.3 Å². The van der Waals surface area contributed by atoms with Crippen molar-refractivity contribution < 1.29 is 19.1 Å². The van der Waals surface area contributed by atoms with E-state index in [0.29, 0.717) is 5.69 Å². The number of carbonyl (C=O) groups is 2. The van der Waals surface area contributed by atoms with E-state index in [9.17, 15) is 14.9 Å². The van der Waals surface area contributed by atoms with E-state index < -0.39 is 18.2 Å². The molecule has 2 rings (SSSR count). The molecule has 0 aliphatic carbocycles. The lowest BCUT2D eigenvalue weighted by Gasteiger charge is -2.24. The average Bonchev–Trinajstić information content (AvgIpc) is 2.66. The molecule has 1 atom stereocenters. The number of hydrogen-bond donors (Lipinski definition) is 1. The van der Waals surface area contributed by atoms with Crippen molar-refractivity contribution in [2.75, 3.05) is 11.9 Å². The van der Waals surface area contributed by atoms with Crippen LogP contribution in [0, 0.1) is 11.3 Å². The molecule has 2 aromatic carbocycles. The lowest BCUT2D eigenvalue weighted by molar-refractivity contribution is 0.142. The molecule has 0 aliphatic heterocycles. The third kappa shape index (κ3) is 6.04. The van der Waals surface area contributed by atoms with Gasteiger partial charge in [-0.2, -0.15) is 5.26 Å². The van der Waals surface area contributed by atoms with Crippen LogP contribution in [0.4, 0.5) is 15.3 Å². The zero-order chi connectivity index (χ0) is 19.6. The van der Waals surface area contributed by atoms with Crippen LogP contribution in [-0.2, 0) is 11.3 Å². The maximum Gasteiger partial charge on any atom is 0.416 e. The highest BCUT2D eigenvalue weighted by Crippen LogP contribution is 2.19. The molecule has 0 aromatic heterocycles. The highest BCUT2D eigenvalue weighted by atomic mass is 16.6. The van der Waals surface area contributed by atoms with Crippen molar-refractivity contribution in [2.24, 2.45) is 0 Å². The van der Waals surface area contributed by atoms with Gasteiger partial charge in [-0.05, 0) is 31.5 Å². The zero-order valence-electron chi connectivity index (χ0n) is 15.2. The first kappa shape index (κ1) is 19.8. The number of nitriles is 1.